The van der Waals surface area contributed by atoms with Crippen LogP contribution in [0.5, 0.6) is 5.75 Å². The predicted molar refractivity (Wildman–Crippen MR) is 57.3 cm³/mol. The van der Waals surface area contributed by atoms with Gasteiger partial charge in [-0.25, -0.2) is 0 Å². The molecule has 0 aromatic heterocycles. The molecule has 0 heterocycles. The Morgan fingerprint density at radius 2 is 2.00 bits per heavy atom. The van der Waals surface area contributed by atoms with E-state index in [-0.39, 0.29) is 42.5 Å². The van der Waals surface area contributed by atoms with Crippen LogP contribution < -0.4 is 33.7 Å². The van der Waals surface area contributed by atoms with Crippen LogP contribution in [-0.2, 0) is 10.1 Å². The van der Waals surface area contributed by atoms with Gasteiger partial charge in [0.05, 0.1) is 10.8 Å². The van der Waals surface area contributed by atoms with Gasteiger partial charge in [0.2, 0.25) is 0 Å². The molecular formula is C9H12ClNaO3S. The fraction of sp³-hybridized carbons (Fsp3) is 0.333. The van der Waals surface area contributed by atoms with Crippen molar-refractivity contribution < 1.29 is 43.6 Å². The molecule has 1 rings (SSSR count). The number of halogens is 1. The van der Waals surface area contributed by atoms with E-state index in [1.807, 2.05) is 0 Å². The second-order valence-corrected chi connectivity index (χ2v) is 4.87. The monoisotopic (exact) mass is 258 g/mol. The van der Waals surface area contributed by atoms with Crippen LogP contribution >= 0.6 is 11.6 Å². The molecule has 0 amide bonds. The van der Waals surface area contributed by atoms with Crippen LogP contribution in [0.2, 0.25) is 5.02 Å². The van der Waals surface area contributed by atoms with Gasteiger partial charge in [-0.2, -0.15) is 8.42 Å². The third kappa shape index (κ3) is 5.22. The first-order valence-corrected chi connectivity index (χ1v) is 6.17. The van der Waals surface area contributed by atoms with Gasteiger partial charge >= 0.3 is 39.7 Å². The minimum Gasteiger partial charge on any atom is -1.00 e. The Bertz CT molecular complexity index is 411. The van der Waals surface area contributed by atoms with Gasteiger partial charge in [0, 0.05) is 0 Å². The van der Waals surface area contributed by atoms with Gasteiger partial charge in [0.15, 0.2) is 5.75 Å². The van der Waals surface area contributed by atoms with E-state index in [1.165, 1.54) is 6.07 Å². The van der Waals surface area contributed by atoms with Gasteiger partial charge in [0.1, 0.15) is 0 Å². The molecule has 1 aromatic carbocycles. The second-order valence-electron chi connectivity index (χ2n) is 2.78. The van der Waals surface area contributed by atoms with Crippen molar-refractivity contribution in [3.63, 3.8) is 0 Å². The molecule has 0 radical (unpaired) electrons. The fourth-order valence-electron chi connectivity index (χ4n) is 0.941. The maximum atomic E-state index is 11.3. The molecule has 0 fully saturated rings. The zero-order chi connectivity index (χ0) is 10.6. The average molecular weight is 259 g/mol. The van der Waals surface area contributed by atoms with Crippen LogP contribution in [0.25, 0.3) is 0 Å². The van der Waals surface area contributed by atoms with Crippen LogP contribution in [0.3, 0.4) is 0 Å². The van der Waals surface area contributed by atoms with Crippen LogP contribution in [0.4, 0.5) is 0 Å². The minimum atomic E-state index is -3.49. The van der Waals surface area contributed by atoms with E-state index in [0.717, 1.165) is 0 Å². The molecule has 0 aliphatic heterocycles. The predicted octanol–water partition coefficient (Wildman–Crippen LogP) is -0.425. The quantitative estimate of drug-likeness (QED) is 0.544. The van der Waals surface area contributed by atoms with E-state index in [4.69, 9.17) is 15.8 Å². The van der Waals surface area contributed by atoms with Gasteiger partial charge < -0.3 is 5.61 Å². The molecule has 0 N–H and O–H groups in total. The SMILES string of the molecule is CCCS(=O)(=O)Oc1ccccc1Cl.[H-].[Na+]. The maximum Gasteiger partial charge on any atom is 1.00 e. The van der Waals surface area contributed by atoms with E-state index in [0.29, 0.717) is 11.4 Å². The molecule has 6 heteroatoms. The first-order valence-electron chi connectivity index (χ1n) is 4.22. The summed E-state index contributed by atoms with van der Waals surface area (Å²) in [6.07, 6.45) is 0.521. The molecule has 0 spiro atoms. The molecular weight excluding hydrogens is 247 g/mol. The topological polar surface area (TPSA) is 43.4 Å². The van der Waals surface area contributed by atoms with Crippen molar-refractivity contribution in [2.24, 2.45) is 0 Å². The van der Waals surface area contributed by atoms with Crippen LogP contribution in [0.15, 0.2) is 24.3 Å². The Hall–Kier alpha value is 0.260. The standard InChI is InChI=1S/C9H11ClO3S.Na.H/c1-2-7-14(11,12)13-9-6-4-3-5-8(9)10;;/h3-6H,2,7H2,1H3;;/q;+1;-1. The smallest absolute Gasteiger partial charge is 1.00 e. The largest absolute Gasteiger partial charge is 1.00 e. The van der Waals surface area contributed by atoms with Crippen molar-refractivity contribution >= 4 is 21.7 Å². The van der Waals surface area contributed by atoms with E-state index in [1.54, 1.807) is 25.1 Å². The van der Waals surface area contributed by atoms with Crippen molar-refractivity contribution in [2.45, 2.75) is 13.3 Å². The third-order valence-corrected chi connectivity index (χ3v) is 3.16. The van der Waals surface area contributed by atoms with Crippen molar-refractivity contribution in [2.75, 3.05) is 5.75 Å². The van der Waals surface area contributed by atoms with Crippen molar-refractivity contribution in [3.05, 3.63) is 29.3 Å². The molecule has 0 aliphatic carbocycles. The van der Waals surface area contributed by atoms with Crippen molar-refractivity contribution in [3.8, 4) is 5.75 Å². The summed E-state index contributed by atoms with van der Waals surface area (Å²) in [6.45, 7) is 1.77. The summed E-state index contributed by atoms with van der Waals surface area (Å²) in [7, 11) is -3.49. The Morgan fingerprint density at radius 3 is 2.53 bits per heavy atom. The molecule has 1 aromatic rings. The van der Waals surface area contributed by atoms with Gasteiger partial charge in [0.25, 0.3) is 0 Å². The van der Waals surface area contributed by atoms with E-state index in [9.17, 15) is 8.42 Å². The molecule has 15 heavy (non-hydrogen) atoms. The Kier molecular flexibility index (Phi) is 6.88. The number of hydrogen-bond donors (Lipinski definition) is 0. The fourth-order valence-corrected chi connectivity index (χ4v) is 2.16. The molecule has 0 saturated heterocycles. The first kappa shape index (κ1) is 15.3. The summed E-state index contributed by atoms with van der Waals surface area (Å²) in [4.78, 5) is 0. The Balaban J connectivity index is 0. The minimum absolute atomic E-state index is 0. The van der Waals surface area contributed by atoms with Gasteiger partial charge in [-0.15, -0.1) is 0 Å². The summed E-state index contributed by atoms with van der Waals surface area (Å²) in [5.74, 6) is 0.181. The molecule has 0 saturated carbocycles. The number of benzene rings is 1. The number of hydrogen-bond acceptors (Lipinski definition) is 3. The second kappa shape index (κ2) is 6.76. The molecule has 0 aliphatic rings. The van der Waals surface area contributed by atoms with E-state index < -0.39 is 10.1 Å². The van der Waals surface area contributed by atoms with Crippen LogP contribution in [0.1, 0.15) is 14.8 Å². The number of para-hydroxylation sites is 1. The zero-order valence-electron chi connectivity index (χ0n) is 9.73. The molecule has 0 unspecified atom stereocenters. The Morgan fingerprint density at radius 1 is 1.40 bits per heavy atom. The van der Waals surface area contributed by atoms with E-state index >= 15 is 0 Å². The first-order chi connectivity index (χ1) is 6.55. The van der Waals surface area contributed by atoms with Crippen molar-refractivity contribution in [1.82, 2.24) is 0 Å². The summed E-state index contributed by atoms with van der Waals surface area (Å²) >= 11 is 5.74. The molecule has 0 bridgehead atoms. The van der Waals surface area contributed by atoms with E-state index in [2.05, 4.69) is 0 Å². The summed E-state index contributed by atoms with van der Waals surface area (Å²) in [6, 6.07) is 6.48. The maximum absolute atomic E-state index is 11.3. The molecule has 0 atom stereocenters. The van der Waals surface area contributed by atoms with Crippen LogP contribution in [0, 0.1) is 0 Å². The molecule has 3 nitrogen and oxygen atoms in total. The third-order valence-electron chi connectivity index (χ3n) is 1.51. The molecule has 80 valence electrons. The van der Waals surface area contributed by atoms with Crippen LogP contribution in [-0.4, -0.2) is 14.2 Å². The normalized spacial score (nSPS) is 10.5. The Labute approximate surface area is 119 Å². The van der Waals surface area contributed by atoms with Gasteiger partial charge in [-0.3, -0.25) is 0 Å². The summed E-state index contributed by atoms with van der Waals surface area (Å²) in [5, 5.41) is 0.298. The zero-order valence-corrected chi connectivity index (χ0v) is 12.3. The van der Waals surface area contributed by atoms with Gasteiger partial charge in [-0.1, -0.05) is 30.7 Å². The average Bonchev–Trinajstić information content (AvgIpc) is 2.08. The number of rotatable bonds is 4. The summed E-state index contributed by atoms with van der Waals surface area (Å²) in [5.41, 5.74) is 0. The summed E-state index contributed by atoms with van der Waals surface area (Å²) < 4.78 is 27.4. The van der Waals surface area contributed by atoms with Crippen molar-refractivity contribution in [1.29, 1.82) is 0 Å². The van der Waals surface area contributed by atoms with Gasteiger partial charge in [-0.05, 0) is 18.6 Å².